The highest BCUT2D eigenvalue weighted by atomic mass is 32.2. The second kappa shape index (κ2) is 6.44. The number of rotatable bonds is 5. The van der Waals surface area contributed by atoms with Gasteiger partial charge in [-0.15, -0.1) is 0 Å². The van der Waals surface area contributed by atoms with Crippen molar-refractivity contribution in [3.8, 4) is 0 Å². The van der Waals surface area contributed by atoms with Gasteiger partial charge in [0, 0.05) is 0 Å². The Morgan fingerprint density at radius 2 is 2.44 bits per heavy atom. The number of hydrogen-bond acceptors (Lipinski definition) is 5. The molecular formula is C10H16N4OS. The fraction of sp³-hybridized carbons (Fsp3) is 0.500. The fourth-order valence-corrected chi connectivity index (χ4v) is 1.60. The number of aryl methyl sites for hydroxylation is 1. The van der Waals surface area contributed by atoms with Gasteiger partial charge in [-0.2, -0.15) is 11.8 Å². The van der Waals surface area contributed by atoms with E-state index in [-0.39, 0.29) is 5.91 Å². The number of nitrogens with zero attached hydrogens (tertiary/aromatic N) is 2. The molecule has 0 aliphatic rings. The van der Waals surface area contributed by atoms with Crippen molar-refractivity contribution in [3.05, 3.63) is 18.2 Å². The highest BCUT2D eigenvalue weighted by Gasteiger charge is 2.13. The van der Waals surface area contributed by atoms with Gasteiger partial charge in [-0.1, -0.05) is 0 Å². The molecule has 0 bridgehead atoms. The number of nitrogens with one attached hydrogen (secondary N) is 1. The van der Waals surface area contributed by atoms with Crippen molar-refractivity contribution in [3.63, 3.8) is 0 Å². The Bertz CT molecular complexity index is 358. The van der Waals surface area contributed by atoms with Crippen LogP contribution in [0.2, 0.25) is 0 Å². The maximum atomic E-state index is 11.7. The van der Waals surface area contributed by atoms with Gasteiger partial charge in [-0.25, -0.2) is 9.97 Å². The van der Waals surface area contributed by atoms with Gasteiger partial charge in [-0.3, -0.25) is 4.79 Å². The Hall–Kier alpha value is -1.14. The van der Waals surface area contributed by atoms with Crippen molar-refractivity contribution in [2.75, 3.05) is 17.3 Å². The lowest BCUT2D eigenvalue weighted by atomic mass is 10.2. The summed E-state index contributed by atoms with van der Waals surface area (Å²) in [5.41, 5.74) is 7.09. The molecule has 0 unspecified atom stereocenters. The third-order valence-corrected chi connectivity index (χ3v) is 2.78. The van der Waals surface area contributed by atoms with Gasteiger partial charge in [0.05, 0.1) is 23.6 Å². The zero-order valence-electron chi connectivity index (χ0n) is 9.43. The first kappa shape index (κ1) is 12.9. The van der Waals surface area contributed by atoms with Crippen LogP contribution in [0.1, 0.15) is 12.1 Å². The minimum Gasteiger partial charge on any atom is -0.322 e. The van der Waals surface area contributed by atoms with Crippen LogP contribution >= 0.6 is 11.8 Å². The van der Waals surface area contributed by atoms with E-state index in [1.54, 1.807) is 18.0 Å². The summed E-state index contributed by atoms with van der Waals surface area (Å²) in [6.07, 6.45) is 5.67. The quantitative estimate of drug-likeness (QED) is 0.795. The van der Waals surface area contributed by atoms with E-state index in [1.807, 2.05) is 13.2 Å². The molecule has 0 radical (unpaired) electrons. The van der Waals surface area contributed by atoms with Crippen LogP contribution in [-0.2, 0) is 4.79 Å². The van der Waals surface area contributed by atoms with Crippen molar-refractivity contribution in [1.29, 1.82) is 0 Å². The zero-order valence-corrected chi connectivity index (χ0v) is 10.3. The first-order chi connectivity index (χ1) is 7.65. The fourth-order valence-electron chi connectivity index (χ4n) is 1.11. The first-order valence-electron chi connectivity index (χ1n) is 4.97. The van der Waals surface area contributed by atoms with Gasteiger partial charge in [0.1, 0.15) is 6.33 Å². The standard InChI is InChI=1S/C10H16N4OS/c1-7-9(5-12-6-13-7)14-10(15)8(11)3-4-16-2/h5-6,8H,3-4,11H2,1-2H3,(H,14,15)/t8-/m0/s1. The van der Waals surface area contributed by atoms with Crippen LogP contribution in [-0.4, -0.2) is 33.9 Å². The van der Waals surface area contributed by atoms with Crippen molar-refractivity contribution in [2.24, 2.45) is 5.73 Å². The highest BCUT2D eigenvalue weighted by molar-refractivity contribution is 7.98. The van der Waals surface area contributed by atoms with Gasteiger partial charge >= 0.3 is 0 Å². The molecule has 3 N–H and O–H groups in total. The molecule has 0 saturated carbocycles. The molecule has 0 spiro atoms. The summed E-state index contributed by atoms with van der Waals surface area (Å²) in [5, 5.41) is 2.72. The molecule has 1 amide bonds. The molecule has 1 rings (SSSR count). The summed E-state index contributed by atoms with van der Waals surface area (Å²) in [7, 11) is 0. The van der Waals surface area contributed by atoms with E-state index in [2.05, 4.69) is 15.3 Å². The number of anilines is 1. The third kappa shape index (κ3) is 3.79. The van der Waals surface area contributed by atoms with Crippen LogP contribution in [0.3, 0.4) is 0 Å². The monoisotopic (exact) mass is 240 g/mol. The lowest BCUT2D eigenvalue weighted by Crippen LogP contribution is -2.36. The van der Waals surface area contributed by atoms with Gasteiger partial charge in [0.2, 0.25) is 5.91 Å². The number of aromatic nitrogens is 2. The third-order valence-electron chi connectivity index (χ3n) is 2.14. The average Bonchev–Trinajstić information content (AvgIpc) is 2.28. The number of nitrogens with two attached hydrogens (primary N) is 1. The number of amides is 1. The van der Waals surface area contributed by atoms with Crippen LogP contribution in [0.15, 0.2) is 12.5 Å². The number of thioether (sulfide) groups is 1. The summed E-state index contributed by atoms with van der Waals surface area (Å²) in [6.45, 7) is 1.81. The molecule has 88 valence electrons. The zero-order chi connectivity index (χ0) is 12.0. The SMILES string of the molecule is CSCC[C@H](N)C(=O)Nc1cncnc1C. The summed E-state index contributed by atoms with van der Waals surface area (Å²) in [4.78, 5) is 19.5. The van der Waals surface area contributed by atoms with Crippen molar-refractivity contribution >= 4 is 23.4 Å². The molecule has 0 fully saturated rings. The molecule has 1 heterocycles. The maximum Gasteiger partial charge on any atom is 0.241 e. The van der Waals surface area contributed by atoms with Gasteiger partial charge in [0.15, 0.2) is 0 Å². The smallest absolute Gasteiger partial charge is 0.241 e. The minimum atomic E-state index is -0.480. The Balaban J connectivity index is 2.54. The molecule has 0 aliphatic heterocycles. The van der Waals surface area contributed by atoms with Crippen molar-refractivity contribution in [2.45, 2.75) is 19.4 Å². The van der Waals surface area contributed by atoms with Crippen LogP contribution in [0.4, 0.5) is 5.69 Å². The number of carbonyl (C=O) groups is 1. The molecule has 0 aliphatic carbocycles. The molecule has 0 saturated heterocycles. The van der Waals surface area contributed by atoms with E-state index >= 15 is 0 Å². The summed E-state index contributed by atoms with van der Waals surface area (Å²) in [5.74, 6) is 0.686. The molecule has 0 aromatic carbocycles. The van der Waals surface area contributed by atoms with Gasteiger partial charge in [-0.05, 0) is 25.4 Å². The van der Waals surface area contributed by atoms with Crippen LogP contribution in [0.5, 0.6) is 0 Å². The second-order valence-electron chi connectivity index (χ2n) is 3.40. The molecular weight excluding hydrogens is 224 g/mol. The normalized spacial score (nSPS) is 12.2. The van der Waals surface area contributed by atoms with E-state index in [9.17, 15) is 4.79 Å². The highest BCUT2D eigenvalue weighted by Crippen LogP contribution is 2.09. The number of carbonyl (C=O) groups excluding carboxylic acids is 1. The lowest BCUT2D eigenvalue weighted by molar-refractivity contribution is -0.117. The summed E-state index contributed by atoms with van der Waals surface area (Å²) >= 11 is 1.67. The van der Waals surface area contributed by atoms with E-state index in [4.69, 9.17) is 5.73 Å². The topological polar surface area (TPSA) is 80.9 Å². The van der Waals surface area contributed by atoms with Gasteiger partial charge in [0.25, 0.3) is 0 Å². The predicted octanol–water partition coefficient (Wildman–Crippen LogP) is 0.804. The Labute approximate surface area is 99.2 Å². The molecule has 6 heteroatoms. The minimum absolute atomic E-state index is 0.188. The Kier molecular flexibility index (Phi) is 5.21. The predicted molar refractivity (Wildman–Crippen MR) is 66.4 cm³/mol. The number of hydrogen-bond donors (Lipinski definition) is 2. The first-order valence-corrected chi connectivity index (χ1v) is 6.36. The van der Waals surface area contributed by atoms with Crippen LogP contribution in [0, 0.1) is 6.92 Å². The summed E-state index contributed by atoms with van der Waals surface area (Å²) in [6, 6.07) is -0.480. The second-order valence-corrected chi connectivity index (χ2v) is 4.38. The Morgan fingerprint density at radius 3 is 3.06 bits per heavy atom. The van der Waals surface area contributed by atoms with Crippen LogP contribution < -0.4 is 11.1 Å². The molecule has 1 aromatic rings. The van der Waals surface area contributed by atoms with E-state index in [0.717, 1.165) is 11.4 Å². The molecule has 1 atom stereocenters. The van der Waals surface area contributed by atoms with Crippen molar-refractivity contribution in [1.82, 2.24) is 9.97 Å². The van der Waals surface area contributed by atoms with E-state index in [0.29, 0.717) is 12.1 Å². The van der Waals surface area contributed by atoms with E-state index in [1.165, 1.54) is 6.33 Å². The Morgan fingerprint density at radius 1 is 1.69 bits per heavy atom. The maximum absolute atomic E-state index is 11.7. The molecule has 5 nitrogen and oxygen atoms in total. The molecule has 16 heavy (non-hydrogen) atoms. The van der Waals surface area contributed by atoms with Gasteiger partial charge < -0.3 is 11.1 Å². The van der Waals surface area contributed by atoms with Crippen LogP contribution in [0.25, 0.3) is 0 Å². The van der Waals surface area contributed by atoms with E-state index < -0.39 is 6.04 Å². The lowest BCUT2D eigenvalue weighted by Gasteiger charge is -2.12. The largest absolute Gasteiger partial charge is 0.322 e. The summed E-state index contributed by atoms with van der Waals surface area (Å²) < 4.78 is 0. The van der Waals surface area contributed by atoms with Crippen molar-refractivity contribution < 1.29 is 4.79 Å². The molecule has 1 aromatic heterocycles. The average molecular weight is 240 g/mol.